The van der Waals surface area contributed by atoms with E-state index in [0.29, 0.717) is 6.54 Å². The first-order valence-electron chi connectivity index (χ1n) is 7.42. The first-order chi connectivity index (χ1) is 11.0. The molecule has 0 aliphatic carbocycles. The number of nitrogens with zero attached hydrogens (tertiary/aromatic N) is 4. The Morgan fingerprint density at radius 1 is 1.26 bits per heavy atom. The van der Waals surface area contributed by atoms with E-state index in [9.17, 15) is 0 Å². The summed E-state index contributed by atoms with van der Waals surface area (Å²) in [5.41, 5.74) is 4.28. The van der Waals surface area contributed by atoms with E-state index < -0.39 is 0 Å². The van der Waals surface area contributed by atoms with Crippen LogP contribution in [0.2, 0.25) is 0 Å². The number of aromatic nitrogens is 4. The Morgan fingerprint density at radius 3 is 2.83 bits per heavy atom. The average molecular weight is 327 g/mol. The molecule has 0 amide bonds. The van der Waals surface area contributed by atoms with Gasteiger partial charge in [-0.1, -0.05) is 5.16 Å². The summed E-state index contributed by atoms with van der Waals surface area (Å²) in [5.74, 6) is 1.67. The number of anilines is 1. The van der Waals surface area contributed by atoms with Gasteiger partial charge in [0.25, 0.3) is 0 Å². The third kappa shape index (κ3) is 2.28. The molecule has 4 aromatic rings. The number of nitrogens with one attached hydrogen (secondary N) is 1. The summed E-state index contributed by atoms with van der Waals surface area (Å²) in [5, 5.41) is 13.2. The van der Waals surface area contributed by atoms with Gasteiger partial charge in [-0.05, 0) is 32.4 Å². The second-order valence-corrected chi connectivity index (χ2v) is 6.79. The van der Waals surface area contributed by atoms with Crippen molar-refractivity contribution in [3.63, 3.8) is 0 Å². The molecule has 4 aromatic heterocycles. The van der Waals surface area contributed by atoms with Gasteiger partial charge in [0.05, 0.1) is 16.8 Å². The maximum atomic E-state index is 5.10. The lowest BCUT2D eigenvalue weighted by Gasteiger charge is -2.00. The van der Waals surface area contributed by atoms with Gasteiger partial charge in [0, 0.05) is 24.2 Å². The minimum atomic E-state index is 0.586. The summed E-state index contributed by atoms with van der Waals surface area (Å²) in [4.78, 5) is 5.73. The third-order valence-electron chi connectivity index (χ3n) is 3.86. The molecule has 1 N–H and O–H groups in total. The molecule has 0 bridgehead atoms. The van der Waals surface area contributed by atoms with E-state index in [2.05, 4.69) is 33.5 Å². The van der Waals surface area contributed by atoms with Gasteiger partial charge >= 0.3 is 0 Å². The van der Waals surface area contributed by atoms with E-state index in [1.165, 1.54) is 10.9 Å². The number of fused-ring (bicyclic) bond motifs is 3. The fraction of sp³-hybridized carbons (Fsp3) is 0.312. The largest absolute Gasteiger partial charge is 0.362 e. The van der Waals surface area contributed by atoms with Gasteiger partial charge in [-0.15, -0.1) is 11.3 Å². The van der Waals surface area contributed by atoms with Crippen molar-refractivity contribution in [3.05, 3.63) is 34.8 Å². The summed E-state index contributed by atoms with van der Waals surface area (Å²) in [6.07, 6.45) is 0. The molecule has 0 saturated carbocycles. The summed E-state index contributed by atoms with van der Waals surface area (Å²) in [6, 6.07) is 4.04. The summed E-state index contributed by atoms with van der Waals surface area (Å²) < 4.78 is 8.15. The van der Waals surface area contributed by atoms with Crippen LogP contribution in [-0.4, -0.2) is 19.9 Å². The van der Waals surface area contributed by atoms with Crippen molar-refractivity contribution < 1.29 is 4.52 Å². The zero-order chi connectivity index (χ0) is 16.1. The molecule has 0 radical (unpaired) electrons. The summed E-state index contributed by atoms with van der Waals surface area (Å²) in [7, 11) is 1.97. The number of hydrogen-bond donors (Lipinski definition) is 1. The molecule has 0 aromatic carbocycles. The quantitative estimate of drug-likeness (QED) is 0.621. The predicted molar refractivity (Wildman–Crippen MR) is 91.9 cm³/mol. The van der Waals surface area contributed by atoms with Crippen LogP contribution in [0.15, 0.2) is 16.7 Å². The van der Waals surface area contributed by atoms with Crippen molar-refractivity contribution in [3.8, 4) is 0 Å². The van der Waals surface area contributed by atoms with E-state index in [-0.39, 0.29) is 0 Å². The Balaban J connectivity index is 1.80. The zero-order valence-electron chi connectivity index (χ0n) is 13.5. The van der Waals surface area contributed by atoms with Crippen LogP contribution in [0.5, 0.6) is 0 Å². The van der Waals surface area contributed by atoms with E-state index in [0.717, 1.165) is 38.0 Å². The lowest BCUT2D eigenvalue weighted by molar-refractivity contribution is 0.391. The molecule has 0 saturated heterocycles. The average Bonchev–Trinajstić information content (AvgIpc) is 3.13. The monoisotopic (exact) mass is 327 g/mol. The van der Waals surface area contributed by atoms with Crippen LogP contribution in [0.3, 0.4) is 0 Å². The van der Waals surface area contributed by atoms with Gasteiger partial charge in [0.15, 0.2) is 5.82 Å². The number of thiophene rings is 1. The van der Waals surface area contributed by atoms with Crippen LogP contribution < -0.4 is 5.32 Å². The smallest absolute Gasteiger partial charge is 0.166 e. The Bertz CT molecular complexity index is 1030. The molecule has 0 unspecified atom stereocenters. The topological polar surface area (TPSA) is 68.8 Å². The number of pyridine rings is 1. The van der Waals surface area contributed by atoms with Gasteiger partial charge in [0.1, 0.15) is 16.3 Å². The third-order valence-corrected chi connectivity index (χ3v) is 4.94. The minimum absolute atomic E-state index is 0.586. The molecule has 23 heavy (non-hydrogen) atoms. The number of rotatable bonds is 3. The summed E-state index contributed by atoms with van der Waals surface area (Å²) >= 11 is 1.68. The highest BCUT2D eigenvalue weighted by atomic mass is 32.1. The minimum Gasteiger partial charge on any atom is -0.362 e. The predicted octanol–water partition coefficient (Wildman–Crippen LogP) is 3.71. The molecule has 118 valence electrons. The van der Waals surface area contributed by atoms with Crippen molar-refractivity contribution in [2.24, 2.45) is 7.05 Å². The van der Waals surface area contributed by atoms with Crippen LogP contribution >= 0.6 is 11.3 Å². The van der Waals surface area contributed by atoms with Gasteiger partial charge in [-0.25, -0.2) is 4.98 Å². The molecule has 0 aliphatic heterocycles. The number of aryl methyl sites for hydroxylation is 4. The molecule has 6 nitrogen and oxygen atoms in total. The van der Waals surface area contributed by atoms with E-state index in [1.54, 1.807) is 11.3 Å². The van der Waals surface area contributed by atoms with Crippen LogP contribution in [0.4, 0.5) is 5.82 Å². The van der Waals surface area contributed by atoms with Crippen LogP contribution in [0.25, 0.3) is 20.4 Å². The van der Waals surface area contributed by atoms with Crippen molar-refractivity contribution in [1.29, 1.82) is 0 Å². The zero-order valence-corrected chi connectivity index (χ0v) is 14.3. The highest BCUT2D eigenvalue weighted by Crippen LogP contribution is 2.38. The van der Waals surface area contributed by atoms with E-state index in [1.807, 2.05) is 31.6 Å². The maximum Gasteiger partial charge on any atom is 0.166 e. The molecule has 7 heteroatoms. The van der Waals surface area contributed by atoms with Gasteiger partial charge in [-0.2, -0.15) is 5.10 Å². The van der Waals surface area contributed by atoms with Crippen LogP contribution in [-0.2, 0) is 13.6 Å². The molecular formula is C16H17N5OS. The Morgan fingerprint density at radius 2 is 2.09 bits per heavy atom. The number of hydrogen-bond acceptors (Lipinski definition) is 6. The second kappa shape index (κ2) is 5.06. The SMILES string of the molecule is Cc1cc(C)c2c(n1)sc1c(NCc3cc(C)on3)nn(C)c12. The molecule has 0 aliphatic rings. The van der Waals surface area contributed by atoms with Gasteiger partial charge in [0.2, 0.25) is 0 Å². The Hall–Kier alpha value is -2.41. The van der Waals surface area contributed by atoms with Crippen molar-refractivity contribution >= 4 is 37.6 Å². The molecule has 4 rings (SSSR count). The fourth-order valence-corrected chi connectivity index (χ4v) is 4.21. The van der Waals surface area contributed by atoms with Crippen molar-refractivity contribution in [1.82, 2.24) is 19.9 Å². The maximum absolute atomic E-state index is 5.10. The first kappa shape index (κ1) is 14.2. The highest BCUT2D eigenvalue weighted by Gasteiger charge is 2.18. The van der Waals surface area contributed by atoms with E-state index in [4.69, 9.17) is 4.52 Å². The first-order valence-corrected chi connectivity index (χ1v) is 8.24. The summed E-state index contributed by atoms with van der Waals surface area (Å²) in [6.45, 7) is 6.63. The Labute approximate surface area is 137 Å². The van der Waals surface area contributed by atoms with Crippen LogP contribution in [0, 0.1) is 20.8 Å². The lowest BCUT2D eigenvalue weighted by atomic mass is 10.1. The molecular weight excluding hydrogens is 310 g/mol. The highest BCUT2D eigenvalue weighted by molar-refractivity contribution is 7.26. The van der Waals surface area contributed by atoms with Crippen LogP contribution in [0.1, 0.15) is 22.7 Å². The molecule has 0 fully saturated rings. The van der Waals surface area contributed by atoms with Crippen molar-refractivity contribution in [2.75, 3.05) is 5.32 Å². The van der Waals surface area contributed by atoms with E-state index >= 15 is 0 Å². The molecule has 0 spiro atoms. The second-order valence-electron chi connectivity index (χ2n) is 5.80. The van der Waals surface area contributed by atoms with Gasteiger partial charge in [-0.3, -0.25) is 4.68 Å². The molecule has 4 heterocycles. The standard InChI is InChI=1S/C16H17N5OS/c1-8-5-9(2)18-16-12(8)13-14(23-16)15(19-21(13)4)17-7-11-6-10(3)22-20-11/h5-6H,7H2,1-4H3,(H,17,19). The van der Waals surface area contributed by atoms with Gasteiger partial charge < -0.3 is 9.84 Å². The normalized spacial score (nSPS) is 11.7. The molecule has 0 atom stereocenters. The lowest BCUT2D eigenvalue weighted by Crippen LogP contribution is -2.01. The fourth-order valence-electron chi connectivity index (χ4n) is 2.93. The van der Waals surface area contributed by atoms with Crippen molar-refractivity contribution in [2.45, 2.75) is 27.3 Å². The Kier molecular flexibility index (Phi) is 3.12.